The molecule has 0 radical (unpaired) electrons. The first-order chi connectivity index (χ1) is 10.5. The Balaban J connectivity index is 1.92. The number of aryl methyl sites for hydroxylation is 1. The van der Waals surface area contributed by atoms with E-state index in [1.165, 1.54) is 11.8 Å². The number of thioether (sulfide) groups is 1. The molecule has 5 nitrogen and oxygen atoms in total. The largest absolute Gasteiger partial charge is 0.349 e. The molecule has 0 saturated heterocycles. The third-order valence-corrected chi connectivity index (χ3v) is 4.95. The average molecular weight is 383 g/mol. The van der Waals surface area contributed by atoms with Gasteiger partial charge in [-0.2, -0.15) is 0 Å². The first kappa shape index (κ1) is 17.0. The quantitative estimate of drug-likeness (QED) is 0.778. The van der Waals surface area contributed by atoms with Crippen molar-refractivity contribution in [2.24, 2.45) is 7.05 Å². The van der Waals surface area contributed by atoms with Crippen LogP contribution >= 0.6 is 27.7 Å². The van der Waals surface area contributed by atoms with E-state index in [9.17, 15) is 4.79 Å². The predicted octanol–water partition coefficient (Wildman–Crippen LogP) is 3.25. The Morgan fingerprint density at radius 1 is 1.36 bits per heavy atom. The summed E-state index contributed by atoms with van der Waals surface area (Å²) in [5.74, 6) is 1.17. The Bertz CT molecular complexity index is 641. The second-order valence-corrected chi connectivity index (χ2v) is 6.82. The number of rotatable bonds is 6. The van der Waals surface area contributed by atoms with Crippen molar-refractivity contribution in [3.8, 4) is 0 Å². The number of amides is 1. The maximum absolute atomic E-state index is 12.1. The minimum absolute atomic E-state index is 0.000391. The Hall–Kier alpha value is -1.34. The van der Waals surface area contributed by atoms with E-state index in [4.69, 9.17) is 0 Å². The lowest BCUT2D eigenvalue weighted by Gasteiger charge is -2.17. The van der Waals surface area contributed by atoms with Crippen LogP contribution in [0.15, 0.2) is 33.9 Å². The zero-order valence-corrected chi connectivity index (χ0v) is 15.2. The number of aromatic nitrogens is 3. The Morgan fingerprint density at radius 2 is 2.05 bits per heavy atom. The van der Waals surface area contributed by atoms with Crippen LogP contribution in [0.5, 0.6) is 0 Å². The van der Waals surface area contributed by atoms with Crippen LogP contribution in [-0.2, 0) is 11.8 Å². The van der Waals surface area contributed by atoms with Crippen LogP contribution in [0.4, 0.5) is 0 Å². The standard InChI is InChI=1S/C15H19BrN4OS/c1-4-13(11-5-7-12(16)8-6-11)17-14(21)9-22-15-19-18-10(2)20(15)3/h5-8,13H,4,9H2,1-3H3,(H,17,21)/t13-/m1/s1. The fourth-order valence-electron chi connectivity index (χ4n) is 2.00. The molecule has 1 aromatic heterocycles. The average Bonchev–Trinajstić information content (AvgIpc) is 2.83. The van der Waals surface area contributed by atoms with Crippen molar-refractivity contribution in [1.29, 1.82) is 0 Å². The maximum Gasteiger partial charge on any atom is 0.230 e. The molecule has 0 spiro atoms. The summed E-state index contributed by atoms with van der Waals surface area (Å²) in [5, 5.41) is 11.8. The van der Waals surface area contributed by atoms with Gasteiger partial charge in [0.25, 0.3) is 0 Å². The summed E-state index contributed by atoms with van der Waals surface area (Å²) in [5.41, 5.74) is 1.11. The highest BCUT2D eigenvalue weighted by molar-refractivity contribution is 9.10. The van der Waals surface area contributed by atoms with E-state index < -0.39 is 0 Å². The summed E-state index contributed by atoms with van der Waals surface area (Å²) in [6, 6.07) is 8.06. The van der Waals surface area contributed by atoms with E-state index in [1.807, 2.05) is 42.8 Å². The van der Waals surface area contributed by atoms with E-state index in [1.54, 1.807) is 0 Å². The fourth-order valence-corrected chi connectivity index (χ4v) is 3.03. The van der Waals surface area contributed by atoms with Crippen LogP contribution in [0, 0.1) is 6.92 Å². The molecular formula is C15H19BrN4OS. The SMILES string of the molecule is CC[C@@H](NC(=O)CSc1nnc(C)n1C)c1ccc(Br)cc1. The van der Waals surface area contributed by atoms with E-state index >= 15 is 0 Å². The van der Waals surface area contributed by atoms with Crippen molar-refractivity contribution >= 4 is 33.6 Å². The number of nitrogens with one attached hydrogen (secondary N) is 1. The second-order valence-electron chi connectivity index (χ2n) is 4.96. The van der Waals surface area contributed by atoms with Crippen LogP contribution in [0.2, 0.25) is 0 Å². The molecule has 22 heavy (non-hydrogen) atoms. The molecule has 1 atom stereocenters. The molecule has 2 aromatic rings. The van der Waals surface area contributed by atoms with Crippen molar-refractivity contribution in [3.63, 3.8) is 0 Å². The number of carbonyl (C=O) groups excluding carboxylic acids is 1. The summed E-state index contributed by atoms with van der Waals surface area (Å²) in [6.07, 6.45) is 0.848. The van der Waals surface area contributed by atoms with E-state index in [0.29, 0.717) is 5.75 Å². The third-order valence-electron chi connectivity index (χ3n) is 3.40. The van der Waals surface area contributed by atoms with Gasteiger partial charge in [0.1, 0.15) is 5.82 Å². The maximum atomic E-state index is 12.1. The summed E-state index contributed by atoms with van der Waals surface area (Å²) >= 11 is 4.82. The van der Waals surface area contributed by atoms with Gasteiger partial charge in [-0.25, -0.2) is 0 Å². The highest BCUT2D eigenvalue weighted by Gasteiger charge is 2.14. The lowest BCUT2D eigenvalue weighted by molar-refractivity contribution is -0.119. The number of nitrogens with zero attached hydrogens (tertiary/aromatic N) is 3. The van der Waals surface area contributed by atoms with Gasteiger partial charge in [0.2, 0.25) is 5.91 Å². The monoisotopic (exact) mass is 382 g/mol. The molecule has 1 aromatic carbocycles. The van der Waals surface area contributed by atoms with Gasteiger partial charge >= 0.3 is 0 Å². The lowest BCUT2D eigenvalue weighted by Crippen LogP contribution is -2.29. The van der Waals surface area contributed by atoms with Gasteiger partial charge in [0.05, 0.1) is 11.8 Å². The Morgan fingerprint density at radius 3 is 2.59 bits per heavy atom. The molecule has 1 amide bonds. The first-order valence-electron chi connectivity index (χ1n) is 7.05. The topological polar surface area (TPSA) is 59.8 Å². The van der Waals surface area contributed by atoms with Gasteiger partial charge in [-0.15, -0.1) is 10.2 Å². The van der Waals surface area contributed by atoms with Crippen molar-refractivity contribution in [1.82, 2.24) is 20.1 Å². The number of carbonyl (C=O) groups is 1. The summed E-state index contributed by atoms with van der Waals surface area (Å²) in [6.45, 7) is 3.95. The zero-order chi connectivity index (χ0) is 16.1. The van der Waals surface area contributed by atoms with Crippen molar-refractivity contribution in [3.05, 3.63) is 40.1 Å². The fraction of sp³-hybridized carbons (Fsp3) is 0.400. The molecule has 0 unspecified atom stereocenters. The molecule has 0 aliphatic heterocycles. The molecule has 0 aliphatic rings. The number of hydrogen-bond acceptors (Lipinski definition) is 4. The molecule has 0 saturated carbocycles. The first-order valence-corrected chi connectivity index (χ1v) is 8.82. The van der Waals surface area contributed by atoms with Gasteiger partial charge in [0.15, 0.2) is 5.16 Å². The summed E-state index contributed by atoms with van der Waals surface area (Å²) in [7, 11) is 1.90. The van der Waals surface area contributed by atoms with Crippen LogP contribution in [0.3, 0.4) is 0 Å². The van der Waals surface area contributed by atoms with Gasteiger partial charge in [-0.05, 0) is 31.0 Å². The molecular weight excluding hydrogens is 364 g/mol. The van der Waals surface area contributed by atoms with Gasteiger partial charge in [-0.3, -0.25) is 4.79 Å². The molecule has 1 heterocycles. The van der Waals surface area contributed by atoms with E-state index in [2.05, 4.69) is 38.4 Å². The Kier molecular flexibility index (Phi) is 6.02. The number of benzene rings is 1. The third kappa shape index (κ3) is 4.33. The van der Waals surface area contributed by atoms with Gasteiger partial charge < -0.3 is 9.88 Å². The highest BCUT2D eigenvalue weighted by atomic mass is 79.9. The van der Waals surface area contributed by atoms with Crippen molar-refractivity contribution in [2.45, 2.75) is 31.5 Å². The number of halogens is 1. The van der Waals surface area contributed by atoms with Crippen LogP contribution in [0.1, 0.15) is 30.8 Å². The van der Waals surface area contributed by atoms with Crippen LogP contribution in [-0.4, -0.2) is 26.4 Å². The smallest absolute Gasteiger partial charge is 0.230 e. The zero-order valence-electron chi connectivity index (χ0n) is 12.8. The highest BCUT2D eigenvalue weighted by Crippen LogP contribution is 2.20. The normalized spacial score (nSPS) is 12.2. The van der Waals surface area contributed by atoms with Crippen LogP contribution in [0.25, 0.3) is 0 Å². The molecule has 0 aliphatic carbocycles. The predicted molar refractivity (Wildman–Crippen MR) is 91.8 cm³/mol. The second kappa shape index (κ2) is 7.78. The Labute approximate surface area is 143 Å². The van der Waals surface area contributed by atoms with Crippen molar-refractivity contribution < 1.29 is 4.79 Å². The summed E-state index contributed by atoms with van der Waals surface area (Å²) in [4.78, 5) is 12.1. The molecule has 2 rings (SSSR count). The van der Waals surface area contributed by atoms with E-state index in [0.717, 1.165) is 27.4 Å². The minimum Gasteiger partial charge on any atom is -0.349 e. The number of hydrogen-bond donors (Lipinski definition) is 1. The molecule has 0 bridgehead atoms. The molecule has 118 valence electrons. The van der Waals surface area contributed by atoms with Crippen LogP contribution < -0.4 is 5.32 Å². The molecule has 0 fully saturated rings. The lowest BCUT2D eigenvalue weighted by atomic mass is 10.0. The van der Waals surface area contributed by atoms with Gasteiger partial charge in [0, 0.05) is 11.5 Å². The molecule has 1 N–H and O–H groups in total. The minimum atomic E-state index is 0.000391. The van der Waals surface area contributed by atoms with Gasteiger partial charge in [-0.1, -0.05) is 46.7 Å². The summed E-state index contributed by atoms with van der Waals surface area (Å²) < 4.78 is 2.91. The molecule has 7 heteroatoms. The van der Waals surface area contributed by atoms with E-state index in [-0.39, 0.29) is 11.9 Å². The van der Waals surface area contributed by atoms with Crippen molar-refractivity contribution in [2.75, 3.05) is 5.75 Å².